The number of nitrogens with one attached hydrogen (secondary N) is 1. The predicted octanol–water partition coefficient (Wildman–Crippen LogP) is 1.68. The zero-order valence-electron chi connectivity index (χ0n) is 9.90. The molecular weight excluding hydrogens is 246 g/mol. The van der Waals surface area contributed by atoms with Gasteiger partial charge in [-0.25, -0.2) is 13.1 Å². The third kappa shape index (κ3) is 3.28. The smallest absolute Gasteiger partial charge is 0.241 e. The van der Waals surface area contributed by atoms with Crippen LogP contribution >= 0.6 is 11.3 Å². The van der Waals surface area contributed by atoms with Crippen molar-refractivity contribution in [2.45, 2.75) is 31.8 Å². The minimum absolute atomic E-state index is 0.130. The Balaban J connectivity index is 2.82. The highest BCUT2D eigenvalue weighted by atomic mass is 32.2. The van der Waals surface area contributed by atoms with E-state index in [0.29, 0.717) is 4.90 Å². The van der Waals surface area contributed by atoms with Crippen molar-refractivity contribution in [3.63, 3.8) is 0 Å². The van der Waals surface area contributed by atoms with Crippen molar-refractivity contribution in [2.24, 2.45) is 0 Å². The second-order valence-electron chi connectivity index (χ2n) is 3.68. The van der Waals surface area contributed by atoms with Crippen LogP contribution < -0.4 is 4.72 Å². The van der Waals surface area contributed by atoms with Gasteiger partial charge in [-0.3, -0.25) is 0 Å². The fraction of sp³-hybridized carbons (Fsp3) is 0.600. The molecule has 1 unspecified atom stereocenters. The summed E-state index contributed by atoms with van der Waals surface area (Å²) in [5.74, 6) is 0. The molecule has 6 heteroatoms. The number of rotatable bonds is 5. The lowest BCUT2D eigenvalue weighted by molar-refractivity contribution is 0.122. The van der Waals surface area contributed by atoms with E-state index in [-0.39, 0.29) is 12.6 Å². The first-order chi connectivity index (χ1) is 7.36. The summed E-state index contributed by atoms with van der Waals surface area (Å²) in [5, 5.41) is 0. The Labute approximate surface area is 101 Å². The van der Waals surface area contributed by atoms with E-state index in [9.17, 15) is 8.42 Å². The molecule has 0 amide bonds. The maximum absolute atomic E-state index is 11.9. The van der Waals surface area contributed by atoms with Gasteiger partial charge in [0, 0.05) is 23.4 Å². The lowest BCUT2D eigenvalue weighted by Crippen LogP contribution is -2.31. The van der Waals surface area contributed by atoms with Crippen LogP contribution in [0.5, 0.6) is 0 Å². The van der Waals surface area contributed by atoms with Crippen molar-refractivity contribution in [3.05, 3.63) is 15.8 Å². The highest BCUT2D eigenvalue weighted by molar-refractivity contribution is 7.89. The summed E-state index contributed by atoms with van der Waals surface area (Å²) in [6.07, 6.45) is -0.130. The number of methoxy groups -OCH3 is 1. The van der Waals surface area contributed by atoms with Crippen molar-refractivity contribution >= 4 is 21.4 Å². The van der Waals surface area contributed by atoms with Gasteiger partial charge in [-0.05, 0) is 26.8 Å². The molecule has 0 aliphatic carbocycles. The van der Waals surface area contributed by atoms with Crippen LogP contribution in [0.15, 0.2) is 11.0 Å². The zero-order valence-corrected chi connectivity index (χ0v) is 11.5. The fourth-order valence-electron chi connectivity index (χ4n) is 1.26. The van der Waals surface area contributed by atoms with Crippen LogP contribution in [0.25, 0.3) is 0 Å². The average molecular weight is 263 g/mol. The van der Waals surface area contributed by atoms with E-state index in [4.69, 9.17) is 4.74 Å². The Morgan fingerprint density at radius 3 is 2.56 bits per heavy atom. The van der Waals surface area contributed by atoms with Gasteiger partial charge in [0.25, 0.3) is 0 Å². The number of aryl methyl sites for hydroxylation is 2. The molecule has 92 valence electrons. The van der Waals surface area contributed by atoms with Gasteiger partial charge in [0.1, 0.15) is 0 Å². The van der Waals surface area contributed by atoms with Crippen LogP contribution in [0.4, 0.5) is 0 Å². The summed E-state index contributed by atoms with van der Waals surface area (Å²) in [4.78, 5) is 2.19. The standard InChI is InChI=1S/C10H17NO3S2/c1-7(14-4)6-11-16(12,13)10-5-8(2)15-9(10)3/h5,7,11H,6H2,1-4H3. The number of hydrogen-bond donors (Lipinski definition) is 1. The normalized spacial score (nSPS) is 14.0. The van der Waals surface area contributed by atoms with Crippen molar-refractivity contribution in [1.29, 1.82) is 0 Å². The molecule has 4 nitrogen and oxygen atoms in total. The van der Waals surface area contributed by atoms with Gasteiger partial charge in [-0.15, -0.1) is 11.3 Å². The van der Waals surface area contributed by atoms with E-state index in [1.165, 1.54) is 11.3 Å². The first-order valence-corrected chi connectivity index (χ1v) is 7.26. The third-order valence-electron chi connectivity index (χ3n) is 2.25. The maximum Gasteiger partial charge on any atom is 0.241 e. The van der Waals surface area contributed by atoms with Crippen LogP contribution in [0.1, 0.15) is 16.7 Å². The molecule has 1 rings (SSSR count). The molecule has 0 aromatic carbocycles. The summed E-state index contributed by atoms with van der Waals surface area (Å²) in [5.41, 5.74) is 0. The summed E-state index contributed by atoms with van der Waals surface area (Å²) in [6.45, 7) is 5.81. The number of thiophene rings is 1. The van der Waals surface area contributed by atoms with Crippen molar-refractivity contribution < 1.29 is 13.2 Å². The Bertz CT molecular complexity index is 451. The molecule has 0 spiro atoms. The van der Waals surface area contributed by atoms with E-state index in [0.717, 1.165) is 9.75 Å². The molecule has 0 aliphatic heterocycles. The van der Waals surface area contributed by atoms with Gasteiger partial charge in [-0.1, -0.05) is 0 Å². The van der Waals surface area contributed by atoms with Gasteiger partial charge < -0.3 is 4.74 Å². The molecule has 16 heavy (non-hydrogen) atoms. The maximum atomic E-state index is 11.9. The molecule has 1 atom stereocenters. The van der Waals surface area contributed by atoms with Crippen LogP contribution in [-0.4, -0.2) is 28.2 Å². The molecule has 0 aliphatic rings. The lowest BCUT2D eigenvalue weighted by atomic mass is 10.4. The Hall–Kier alpha value is -0.430. The van der Waals surface area contributed by atoms with E-state index >= 15 is 0 Å². The van der Waals surface area contributed by atoms with Gasteiger partial charge in [-0.2, -0.15) is 0 Å². The second-order valence-corrected chi connectivity index (χ2v) is 6.87. The topological polar surface area (TPSA) is 55.4 Å². The summed E-state index contributed by atoms with van der Waals surface area (Å²) in [6, 6.07) is 1.69. The highest BCUT2D eigenvalue weighted by Crippen LogP contribution is 2.24. The molecule has 0 bridgehead atoms. The Kier molecular flexibility index (Phi) is 4.49. The van der Waals surface area contributed by atoms with Crippen LogP contribution in [0.3, 0.4) is 0 Å². The third-order valence-corrected chi connectivity index (χ3v) is 4.89. The summed E-state index contributed by atoms with van der Waals surface area (Å²) < 4.78 is 31.4. The average Bonchev–Trinajstić information content (AvgIpc) is 2.55. The molecule has 1 heterocycles. The highest BCUT2D eigenvalue weighted by Gasteiger charge is 2.19. The minimum atomic E-state index is -3.39. The monoisotopic (exact) mass is 263 g/mol. The SMILES string of the molecule is COC(C)CNS(=O)(=O)c1cc(C)sc1C. The van der Waals surface area contributed by atoms with E-state index in [1.807, 2.05) is 20.8 Å². The summed E-state index contributed by atoms with van der Waals surface area (Å²) >= 11 is 1.49. The van der Waals surface area contributed by atoms with Crippen molar-refractivity contribution in [3.8, 4) is 0 Å². The predicted molar refractivity (Wildman–Crippen MR) is 65.5 cm³/mol. The summed E-state index contributed by atoms with van der Waals surface area (Å²) in [7, 11) is -1.84. The van der Waals surface area contributed by atoms with Crippen molar-refractivity contribution in [1.82, 2.24) is 4.72 Å². The van der Waals surface area contributed by atoms with E-state index < -0.39 is 10.0 Å². The second kappa shape index (κ2) is 5.27. The molecule has 0 saturated heterocycles. The first kappa shape index (κ1) is 13.6. The molecule has 0 saturated carbocycles. The number of hydrogen-bond acceptors (Lipinski definition) is 4. The first-order valence-electron chi connectivity index (χ1n) is 4.96. The molecule has 1 N–H and O–H groups in total. The van der Waals surface area contributed by atoms with Gasteiger partial charge in [0.2, 0.25) is 10.0 Å². The van der Waals surface area contributed by atoms with Crippen LogP contribution in [-0.2, 0) is 14.8 Å². The number of sulfonamides is 1. The van der Waals surface area contributed by atoms with Gasteiger partial charge in [0.15, 0.2) is 0 Å². The number of ether oxygens (including phenoxy) is 1. The molecule has 1 aromatic heterocycles. The molecule has 0 fully saturated rings. The molecule has 0 radical (unpaired) electrons. The Morgan fingerprint density at radius 2 is 2.12 bits per heavy atom. The quantitative estimate of drug-likeness (QED) is 0.879. The fourth-order valence-corrected chi connectivity index (χ4v) is 3.93. The van der Waals surface area contributed by atoms with E-state index in [2.05, 4.69) is 4.72 Å². The van der Waals surface area contributed by atoms with E-state index in [1.54, 1.807) is 13.2 Å². The van der Waals surface area contributed by atoms with Crippen LogP contribution in [0, 0.1) is 13.8 Å². The largest absolute Gasteiger partial charge is 0.380 e. The molecule has 1 aromatic rings. The Morgan fingerprint density at radius 1 is 1.50 bits per heavy atom. The minimum Gasteiger partial charge on any atom is -0.380 e. The van der Waals surface area contributed by atoms with Gasteiger partial charge in [0.05, 0.1) is 11.0 Å². The molecular formula is C10H17NO3S2. The zero-order chi connectivity index (χ0) is 12.3. The lowest BCUT2D eigenvalue weighted by Gasteiger charge is -2.10. The van der Waals surface area contributed by atoms with Gasteiger partial charge >= 0.3 is 0 Å². The van der Waals surface area contributed by atoms with Crippen molar-refractivity contribution in [2.75, 3.05) is 13.7 Å². The van der Waals surface area contributed by atoms with Crippen LogP contribution in [0.2, 0.25) is 0 Å².